The van der Waals surface area contributed by atoms with Crippen LogP contribution >= 0.6 is 22.9 Å². The van der Waals surface area contributed by atoms with Crippen LogP contribution < -0.4 is 10.6 Å². The minimum absolute atomic E-state index is 0.0177. The van der Waals surface area contributed by atoms with Crippen LogP contribution in [0.5, 0.6) is 0 Å². The largest absolute Gasteiger partial charge is 0.357 e. The van der Waals surface area contributed by atoms with Crippen molar-refractivity contribution in [2.24, 2.45) is 0 Å². The van der Waals surface area contributed by atoms with E-state index in [9.17, 15) is 4.79 Å². The minimum Gasteiger partial charge on any atom is -0.357 e. The van der Waals surface area contributed by atoms with Gasteiger partial charge in [-0.25, -0.2) is 9.97 Å². The van der Waals surface area contributed by atoms with Crippen molar-refractivity contribution in [2.45, 2.75) is 19.4 Å². The second-order valence-corrected chi connectivity index (χ2v) is 7.40. The number of amides is 1. The minimum atomic E-state index is -0.0781. The Labute approximate surface area is 161 Å². The van der Waals surface area contributed by atoms with Gasteiger partial charge in [0, 0.05) is 24.3 Å². The van der Waals surface area contributed by atoms with E-state index >= 15 is 0 Å². The Balaban J connectivity index is 1.64. The molecule has 1 amide bonds. The van der Waals surface area contributed by atoms with Crippen molar-refractivity contribution in [3.05, 3.63) is 64.1 Å². The smallest absolute Gasteiger partial charge is 0.261 e. The second kappa shape index (κ2) is 8.29. The van der Waals surface area contributed by atoms with Crippen LogP contribution in [-0.2, 0) is 6.42 Å². The van der Waals surface area contributed by atoms with E-state index < -0.39 is 0 Å². The summed E-state index contributed by atoms with van der Waals surface area (Å²) in [5, 5.41) is 6.67. The van der Waals surface area contributed by atoms with Crippen LogP contribution in [0.2, 0.25) is 5.02 Å². The highest BCUT2D eigenvalue weighted by Gasteiger charge is 2.14. The fourth-order valence-corrected chi connectivity index (χ4v) is 3.54. The summed E-state index contributed by atoms with van der Waals surface area (Å²) in [5.74, 6) is 0.476. The predicted octanol–water partition coefficient (Wildman–Crippen LogP) is 4.26. The monoisotopic (exact) mass is 386 g/mol. The van der Waals surface area contributed by atoms with Crippen molar-refractivity contribution in [2.75, 3.05) is 12.4 Å². The average molecular weight is 387 g/mol. The molecule has 7 heteroatoms. The van der Waals surface area contributed by atoms with Crippen molar-refractivity contribution in [3.63, 3.8) is 0 Å². The highest BCUT2D eigenvalue weighted by molar-refractivity contribution is 7.17. The molecule has 2 aromatic heterocycles. The van der Waals surface area contributed by atoms with Crippen LogP contribution in [0.4, 0.5) is 5.95 Å². The number of nitrogens with zero attached hydrogens (tertiary/aromatic N) is 2. The first-order chi connectivity index (χ1) is 12.5. The van der Waals surface area contributed by atoms with E-state index in [1.54, 1.807) is 13.2 Å². The van der Waals surface area contributed by atoms with E-state index in [4.69, 9.17) is 11.6 Å². The van der Waals surface area contributed by atoms with Gasteiger partial charge in [-0.05, 0) is 49.2 Å². The fourth-order valence-electron chi connectivity index (χ4n) is 2.53. The molecule has 0 fully saturated rings. The summed E-state index contributed by atoms with van der Waals surface area (Å²) >= 11 is 7.32. The normalized spacial score (nSPS) is 11.8. The van der Waals surface area contributed by atoms with Gasteiger partial charge in [-0.3, -0.25) is 4.79 Å². The maximum absolute atomic E-state index is 12.5. The number of aromatic nitrogens is 2. The Bertz CT molecular complexity index is 895. The molecule has 3 rings (SSSR count). The zero-order chi connectivity index (χ0) is 18.5. The lowest BCUT2D eigenvalue weighted by Crippen LogP contribution is -2.33. The number of anilines is 1. The van der Waals surface area contributed by atoms with Crippen LogP contribution in [0.25, 0.3) is 10.6 Å². The van der Waals surface area contributed by atoms with E-state index in [1.807, 2.05) is 49.4 Å². The first-order valence-corrected chi connectivity index (χ1v) is 9.41. The molecule has 1 unspecified atom stereocenters. The molecule has 5 nitrogen and oxygen atoms in total. The van der Waals surface area contributed by atoms with Gasteiger partial charge in [-0.1, -0.05) is 23.7 Å². The number of hydrogen-bond acceptors (Lipinski definition) is 5. The zero-order valence-corrected chi connectivity index (χ0v) is 16.1. The number of hydrogen-bond donors (Lipinski definition) is 2. The highest BCUT2D eigenvalue weighted by Crippen LogP contribution is 2.27. The third-order valence-corrected chi connectivity index (χ3v) is 5.15. The van der Waals surface area contributed by atoms with Crippen molar-refractivity contribution in [1.29, 1.82) is 0 Å². The van der Waals surface area contributed by atoms with Crippen LogP contribution in [0.1, 0.15) is 22.2 Å². The molecule has 0 spiro atoms. The molecule has 1 atom stereocenters. The van der Waals surface area contributed by atoms with E-state index in [2.05, 4.69) is 20.6 Å². The van der Waals surface area contributed by atoms with E-state index in [1.165, 1.54) is 11.3 Å². The quantitative estimate of drug-likeness (QED) is 0.664. The topological polar surface area (TPSA) is 66.9 Å². The number of carbonyl (C=O) groups excluding carboxylic acids is 1. The van der Waals surface area contributed by atoms with Gasteiger partial charge in [-0.15, -0.1) is 11.3 Å². The van der Waals surface area contributed by atoms with Gasteiger partial charge in [0.05, 0.1) is 15.4 Å². The van der Waals surface area contributed by atoms with Crippen LogP contribution in [0.15, 0.2) is 48.7 Å². The SMILES string of the molecule is CNc1nccc(-c2ccc(C(=O)NC(C)Cc3ccc(Cl)cc3)s2)n1. The summed E-state index contributed by atoms with van der Waals surface area (Å²) in [6, 6.07) is 13.2. The lowest BCUT2D eigenvalue weighted by molar-refractivity contribution is 0.0944. The van der Waals surface area contributed by atoms with Crippen LogP contribution in [0.3, 0.4) is 0 Å². The summed E-state index contributed by atoms with van der Waals surface area (Å²) in [6.07, 6.45) is 2.44. The molecule has 2 N–H and O–H groups in total. The average Bonchev–Trinajstić information content (AvgIpc) is 3.14. The Morgan fingerprint density at radius 2 is 1.96 bits per heavy atom. The zero-order valence-electron chi connectivity index (χ0n) is 14.5. The van der Waals surface area contributed by atoms with E-state index in [-0.39, 0.29) is 11.9 Å². The fraction of sp³-hybridized carbons (Fsp3) is 0.211. The summed E-state index contributed by atoms with van der Waals surface area (Å²) in [6.45, 7) is 1.99. The maximum atomic E-state index is 12.5. The predicted molar refractivity (Wildman–Crippen MR) is 107 cm³/mol. The summed E-state index contributed by atoms with van der Waals surface area (Å²) < 4.78 is 0. The Morgan fingerprint density at radius 3 is 2.69 bits per heavy atom. The molecular weight excluding hydrogens is 368 g/mol. The van der Waals surface area contributed by atoms with Gasteiger partial charge in [0.1, 0.15) is 0 Å². The van der Waals surface area contributed by atoms with Gasteiger partial charge in [0.2, 0.25) is 5.95 Å². The number of rotatable bonds is 6. The first kappa shape index (κ1) is 18.4. The number of benzene rings is 1. The molecule has 26 heavy (non-hydrogen) atoms. The third-order valence-electron chi connectivity index (χ3n) is 3.79. The number of thiophene rings is 1. The molecule has 0 aliphatic carbocycles. The maximum Gasteiger partial charge on any atom is 0.261 e. The van der Waals surface area contributed by atoms with Crippen molar-refractivity contribution in [3.8, 4) is 10.6 Å². The molecule has 1 aromatic carbocycles. The van der Waals surface area contributed by atoms with Gasteiger partial charge in [0.25, 0.3) is 5.91 Å². The van der Waals surface area contributed by atoms with Gasteiger partial charge < -0.3 is 10.6 Å². The Kier molecular flexibility index (Phi) is 5.85. The Hall–Kier alpha value is -2.44. The van der Waals surface area contributed by atoms with Crippen LogP contribution in [0, 0.1) is 0 Å². The first-order valence-electron chi connectivity index (χ1n) is 8.21. The van der Waals surface area contributed by atoms with Gasteiger partial charge >= 0.3 is 0 Å². The number of halogens is 1. The van der Waals surface area contributed by atoms with Crippen molar-refractivity contribution in [1.82, 2.24) is 15.3 Å². The lowest BCUT2D eigenvalue weighted by Gasteiger charge is -2.13. The highest BCUT2D eigenvalue weighted by atomic mass is 35.5. The molecular formula is C19H19ClN4OS. The molecule has 134 valence electrons. The van der Waals surface area contributed by atoms with Gasteiger partial charge in [-0.2, -0.15) is 0 Å². The van der Waals surface area contributed by atoms with E-state index in [0.29, 0.717) is 15.8 Å². The molecule has 0 aliphatic rings. The molecule has 0 saturated heterocycles. The molecule has 3 aromatic rings. The summed E-state index contributed by atoms with van der Waals surface area (Å²) in [7, 11) is 1.77. The summed E-state index contributed by atoms with van der Waals surface area (Å²) in [5.41, 5.74) is 1.93. The van der Waals surface area contributed by atoms with Crippen molar-refractivity contribution < 1.29 is 4.79 Å². The van der Waals surface area contributed by atoms with Crippen molar-refractivity contribution >= 4 is 34.8 Å². The standard InChI is InChI=1S/C19H19ClN4OS/c1-12(11-13-3-5-14(20)6-4-13)23-18(25)17-8-7-16(26-17)15-9-10-22-19(21-2)24-15/h3-10,12H,11H2,1-2H3,(H,23,25)(H,21,22,24). The Morgan fingerprint density at radius 1 is 1.19 bits per heavy atom. The molecule has 0 saturated carbocycles. The molecule has 2 heterocycles. The van der Waals surface area contributed by atoms with E-state index in [0.717, 1.165) is 22.6 Å². The molecule has 0 bridgehead atoms. The third kappa shape index (κ3) is 4.59. The molecule has 0 radical (unpaired) electrons. The van der Waals surface area contributed by atoms with Gasteiger partial charge in [0.15, 0.2) is 0 Å². The van der Waals surface area contributed by atoms with Crippen LogP contribution in [-0.4, -0.2) is 29.0 Å². The second-order valence-electron chi connectivity index (χ2n) is 5.88. The number of nitrogens with one attached hydrogen (secondary N) is 2. The molecule has 0 aliphatic heterocycles. The summed E-state index contributed by atoms with van der Waals surface area (Å²) in [4.78, 5) is 22.6. The number of carbonyl (C=O) groups is 1. The lowest BCUT2D eigenvalue weighted by atomic mass is 10.1.